The molecule has 2 aromatic rings. The van der Waals surface area contributed by atoms with Crippen molar-refractivity contribution in [2.45, 2.75) is 51.9 Å². The average molecular weight is 381 g/mol. The van der Waals surface area contributed by atoms with E-state index in [-0.39, 0.29) is 11.3 Å². The van der Waals surface area contributed by atoms with E-state index in [1.807, 2.05) is 0 Å². The highest BCUT2D eigenvalue weighted by Gasteiger charge is 2.36. The summed E-state index contributed by atoms with van der Waals surface area (Å²) in [5.41, 5.74) is -1.30. The van der Waals surface area contributed by atoms with Gasteiger partial charge in [0.15, 0.2) is 0 Å². The highest BCUT2D eigenvalue weighted by molar-refractivity contribution is 5.68. The van der Waals surface area contributed by atoms with E-state index in [2.05, 4.69) is 15.3 Å². The summed E-state index contributed by atoms with van der Waals surface area (Å²) in [5, 5.41) is 2.72. The van der Waals surface area contributed by atoms with E-state index in [0.29, 0.717) is 5.82 Å². The number of amides is 1. The van der Waals surface area contributed by atoms with Gasteiger partial charge in [-0.25, -0.2) is 18.6 Å². The van der Waals surface area contributed by atoms with Crippen LogP contribution in [0.3, 0.4) is 0 Å². The van der Waals surface area contributed by atoms with Gasteiger partial charge in [0.1, 0.15) is 29.1 Å². The molecule has 0 aliphatic rings. The number of nitrogens with zero attached hydrogens (tertiary/aromatic N) is 1. The Morgan fingerprint density at radius 3 is 2.48 bits per heavy atom. The predicted octanol–water partition coefficient (Wildman–Crippen LogP) is 4.35. The number of aromatic amines is 1. The molecule has 0 saturated heterocycles. The lowest BCUT2D eigenvalue weighted by Crippen LogP contribution is -2.45. The molecule has 1 amide bonds. The van der Waals surface area contributed by atoms with Gasteiger partial charge in [0, 0.05) is 18.9 Å². The summed E-state index contributed by atoms with van der Waals surface area (Å²) in [6, 6.07) is 2.41. The van der Waals surface area contributed by atoms with Crippen LogP contribution < -0.4 is 5.32 Å². The first-order valence-corrected chi connectivity index (χ1v) is 8.48. The minimum Gasteiger partial charge on any atom is -0.444 e. The molecule has 0 aliphatic carbocycles. The van der Waals surface area contributed by atoms with Gasteiger partial charge in [-0.2, -0.15) is 0 Å². The number of hydrogen-bond acceptors (Lipinski definition) is 4. The molecule has 0 aliphatic heterocycles. The van der Waals surface area contributed by atoms with Crippen LogP contribution in [0.15, 0.2) is 24.4 Å². The van der Waals surface area contributed by atoms with Gasteiger partial charge in [-0.15, -0.1) is 0 Å². The molecule has 8 heteroatoms. The smallest absolute Gasteiger partial charge is 0.408 e. The van der Waals surface area contributed by atoms with E-state index in [1.54, 1.807) is 34.6 Å². The molecule has 2 rings (SSSR count). The lowest BCUT2D eigenvalue weighted by atomic mass is 9.98. The van der Waals surface area contributed by atoms with Gasteiger partial charge in [0.2, 0.25) is 0 Å². The number of alkyl carbamates (subject to hydrolysis) is 1. The fourth-order valence-corrected chi connectivity index (χ4v) is 2.43. The van der Waals surface area contributed by atoms with Crippen molar-refractivity contribution >= 4 is 6.09 Å². The van der Waals surface area contributed by atoms with Crippen LogP contribution in [0, 0.1) is 11.6 Å². The Labute approximate surface area is 157 Å². The number of ether oxygens (including phenoxy) is 2. The molecule has 2 N–H and O–H groups in total. The zero-order valence-electron chi connectivity index (χ0n) is 16.3. The largest absolute Gasteiger partial charge is 0.444 e. The van der Waals surface area contributed by atoms with Crippen LogP contribution in [-0.4, -0.2) is 34.4 Å². The van der Waals surface area contributed by atoms with Crippen molar-refractivity contribution in [2.24, 2.45) is 0 Å². The third kappa shape index (κ3) is 5.26. The summed E-state index contributed by atoms with van der Waals surface area (Å²) in [6.07, 6.45) is 0.801. The van der Waals surface area contributed by atoms with Crippen molar-refractivity contribution in [3.63, 3.8) is 0 Å². The van der Waals surface area contributed by atoms with E-state index in [9.17, 15) is 13.6 Å². The number of halogens is 2. The van der Waals surface area contributed by atoms with Crippen LogP contribution in [-0.2, 0) is 9.47 Å². The number of carbonyl (C=O) groups is 1. The topological polar surface area (TPSA) is 76.2 Å². The Kier molecular flexibility index (Phi) is 5.89. The van der Waals surface area contributed by atoms with Gasteiger partial charge >= 0.3 is 6.09 Å². The predicted molar refractivity (Wildman–Crippen MR) is 97.1 cm³/mol. The van der Waals surface area contributed by atoms with Crippen LogP contribution in [0.2, 0.25) is 0 Å². The fraction of sp³-hybridized carbons (Fsp3) is 0.474. The summed E-state index contributed by atoms with van der Waals surface area (Å²) in [6.45, 7) is 8.78. The van der Waals surface area contributed by atoms with Crippen LogP contribution in [0.25, 0.3) is 11.3 Å². The standard InChI is InChI=1S/C19H25F2N3O3/c1-18(2,3)27-17(25)24-15(19(4,5)26-6)16-22-10-14(23-16)12-9-11(20)7-8-13(12)21/h7-10,15H,1-6H3,(H,22,23)(H,24,25)/t15-/m0/s1. The molecule has 0 unspecified atom stereocenters. The van der Waals surface area contributed by atoms with Crippen molar-refractivity contribution in [2.75, 3.05) is 7.11 Å². The number of benzene rings is 1. The summed E-state index contributed by atoms with van der Waals surface area (Å²) in [4.78, 5) is 19.5. The van der Waals surface area contributed by atoms with E-state index >= 15 is 0 Å². The summed E-state index contributed by atoms with van der Waals surface area (Å²) in [5.74, 6) is -0.847. The lowest BCUT2D eigenvalue weighted by Gasteiger charge is -2.33. The zero-order valence-corrected chi connectivity index (χ0v) is 16.3. The molecule has 27 heavy (non-hydrogen) atoms. The van der Waals surface area contributed by atoms with Crippen molar-refractivity contribution in [3.8, 4) is 11.3 Å². The third-order valence-corrected chi connectivity index (χ3v) is 3.96. The maximum absolute atomic E-state index is 14.0. The molecule has 0 radical (unpaired) electrons. The van der Waals surface area contributed by atoms with Gasteiger partial charge in [-0.1, -0.05) is 0 Å². The van der Waals surface area contributed by atoms with Crippen molar-refractivity contribution in [3.05, 3.63) is 41.9 Å². The maximum Gasteiger partial charge on any atom is 0.408 e. The number of methoxy groups -OCH3 is 1. The van der Waals surface area contributed by atoms with E-state index in [1.165, 1.54) is 13.3 Å². The second kappa shape index (κ2) is 7.64. The average Bonchev–Trinajstić information content (AvgIpc) is 3.02. The van der Waals surface area contributed by atoms with E-state index < -0.39 is 35.0 Å². The van der Waals surface area contributed by atoms with E-state index in [0.717, 1.165) is 18.2 Å². The third-order valence-electron chi connectivity index (χ3n) is 3.96. The van der Waals surface area contributed by atoms with Crippen LogP contribution in [0.4, 0.5) is 13.6 Å². The normalized spacial score (nSPS) is 13.3. The van der Waals surface area contributed by atoms with Crippen molar-refractivity contribution in [1.82, 2.24) is 15.3 Å². The minimum absolute atomic E-state index is 0.0174. The van der Waals surface area contributed by atoms with Gasteiger partial charge in [0.05, 0.1) is 11.3 Å². The Morgan fingerprint density at radius 1 is 1.22 bits per heavy atom. The second-order valence-corrected chi connectivity index (χ2v) is 7.68. The quantitative estimate of drug-likeness (QED) is 0.808. The number of hydrogen-bond donors (Lipinski definition) is 2. The first-order valence-electron chi connectivity index (χ1n) is 8.48. The molecule has 1 aromatic carbocycles. The van der Waals surface area contributed by atoms with Crippen molar-refractivity contribution in [1.29, 1.82) is 0 Å². The highest BCUT2D eigenvalue weighted by Crippen LogP contribution is 2.30. The van der Waals surface area contributed by atoms with Gasteiger partial charge in [-0.05, 0) is 52.8 Å². The summed E-state index contributed by atoms with van der Waals surface area (Å²) < 4.78 is 38.3. The van der Waals surface area contributed by atoms with Gasteiger partial charge < -0.3 is 19.8 Å². The van der Waals surface area contributed by atoms with E-state index in [4.69, 9.17) is 9.47 Å². The molecule has 1 atom stereocenters. The Bertz CT molecular complexity index is 813. The highest BCUT2D eigenvalue weighted by atomic mass is 19.1. The van der Waals surface area contributed by atoms with Crippen LogP contribution in [0.1, 0.15) is 46.5 Å². The summed E-state index contributed by atoms with van der Waals surface area (Å²) >= 11 is 0. The monoisotopic (exact) mass is 381 g/mol. The molecule has 6 nitrogen and oxygen atoms in total. The maximum atomic E-state index is 14.0. The molecule has 0 spiro atoms. The zero-order chi connectivity index (χ0) is 20.4. The molecule has 0 bridgehead atoms. The minimum atomic E-state index is -0.855. The number of rotatable bonds is 5. The Morgan fingerprint density at radius 2 is 1.89 bits per heavy atom. The number of imidazole rings is 1. The molecule has 148 valence electrons. The Balaban J connectivity index is 2.36. The number of aromatic nitrogens is 2. The van der Waals surface area contributed by atoms with Crippen LogP contribution in [0.5, 0.6) is 0 Å². The second-order valence-electron chi connectivity index (χ2n) is 7.68. The van der Waals surface area contributed by atoms with Crippen LogP contribution >= 0.6 is 0 Å². The SMILES string of the molecule is COC(C)(C)[C@@H](NC(=O)OC(C)(C)C)c1nc(-c2cc(F)ccc2F)c[nH]1. The number of H-pyrrole nitrogens is 1. The molecule has 0 saturated carbocycles. The van der Waals surface area contributed by atoms with Gasteiger partial charge in [0.25, 0.3) is 0 Å². The molecule has 1 aromatic heterocycles. The first-order chi connectivity index (χ1) is 12.4. The lowest BCUT2D eigenvalue weighted by molar-refractivity contribution is -0.0191. The van der Waals surface area contributed by atoms with Crippen molar-refractivity contribution < 1.29 is 23.0 Å². The summed E-state index contributed by atoms with van der Waals surface area (Å²) in [7, 11) is 1.50. The molecular weight excluding hydrogens is 356 g/mol. The number of carbonyl (C=O) groups excluding carboxylic acids is 1. The molecule has 0 fully saturated rings. The number of nitrogens with one attached hydrogen (secondary N) is 2. The molecule has 1 heterocycles. The Hall–Kier alpha value is -2.48. The fourth-order valence-electron chi connectivity index (χ4n) is 2.43. The van der Waals surface area contributed by atoms with Gasteiger partial charge in [-0.3, -0.25) is 0 Å². The first kappa shape index (κ1) is 20.8. The molecular formula is C19H25F2N3O3.